The number of alkyl halides is 3. The first-order valence-electron chi connectivity index (χ1n) is 3.74. The highest BCUT2D eigenvalue weighted by molar-refractivity contribution is 5.79. The summed E-state index contributed by atoms with van der Waals surface area (Å²) in [5, 5.41) is 8.37. The van der Waals surface area contributed by atoms with Gasteiger partial charge in [-0.25, -0.2) is 4.79 Å². The zero-order chi connectivity index (χ0) is 11.4. The van der Waals surface area contributed by atoms with Gasteiger partial charge in [-0.15, -0.1) is 11.8 Å². The summed E-state index contributed by atoms with van der Waals surface area (Å²) < 4.78 is 36.7. The van der Waals surface area contributed by atoms with Gasteiger partial charge in [0, 0.05) is 6.42 Å². The molecule has 0 rings (SSSR count). The third kappa shape index (κ3) is 2.64. The van der Waals surface area contributed by atoms with Gasteiger partial charge in [-0.05, 0) is 13.3 Å². The lowest BCUT2D eigenvalue weighted by atomic mass is 9.94. The van der Waals surface area contributed by atoms with E-state index in [1.165, 1.54) is 6.92 Å². The molecule has 0 spiro atoms. The molecule has 0 fully saturated rings. The Morgan fingerprint density at radius 3 is 2.29 bits per heavy atom. The zero-order valence-electron chi connectivity index (χ0n) is 7.48. The van der Waals surface area contributed by atoms with E-state index in [1.807, 2.05) is 0 Å². The van der Waals surface area contributed by atoms with Gasteiger partial charge in [0.15, 0.2) is 0 Å². The molecular weight excluding hydrogens is 199 g/mol. The van der Waals surface area contributed by atoms with Crippen LogP contribution in [0.15, 0.2) is 0 Å². The Labute approximate surface area is 79.1 Å². The molecule has 0 aromatic rings. The lowest BCUT2D eigenvalue weighted by Crippen LogP contribution is -2.59. The first kappa shape index (κ1) is 12.8. The third-order valence-corrected chi connectivity index (χ3v) is 1.71. The van der Waals surface area contributed by atoms with Crippen molar-refractivity contribution >= 4 is 5.97 Å². The normalized spacial score (nSPS) is 15.2. The van der Waals surface area contributed by atoms with Crippen molar-refractivity contribution in [3.63, 3.8) is 0 Å². The fourth-order valence-electron chi connectivity index (χ4n) is 0.755. The third-order valence-electron chi connectivity index (χ3n) is 1.71. The second-order valence-corrected chi connectivity index (χ2v) is 2.70. The number of carboxylic acid groups (broad SMARTS) is 1. The highest BCUT2D eigenvalue weighted by Crippen LogP contribution is 2.32. The average Bonchev–Trinajstić information content (AvgIpc) is 2.02. The molecule has 80 valence electrons. The first-order valence-corrected chi connectivity index (χ1v) is 3.74. The Morgan fingerprint density at radius 2 is 2.00 bits per heavy atom. The summed E-state index contributed by atoms with van der Waals surface area (Å²) in [6.45, 7) is 1.45. The standard InChI is InChI=1S/C8H10F3NO2/c1-2-3-4-5-7(12,6(13)14)8(9,10)11/h4-5,12H2,1H3,(H,13,14). The van der Waals surface area contributed by atoms with Crippen molar-refractivity contribution in [2.45, 2.75) is 31.5 Å². The van der Waals surface area contributed by atoms with Crippen LogP contribution in [0.2, 0.25) is 0 Å². The smallest absolute Gasteiger partial charge is 0.417 e. The van der Waals surface area contributed by atoms with E-state index in [0.717, 1.165) is 0 Å². The number of halogens is 3. The van der Waals surface area contributed by atoms with E-state index >= 15 is 0 Å². The molecule has 0 aromatic carbocycles. The largest absolute Gasteiger partial charge is 0.480 e. The minimum absolute atomic E-state index is 0.196. The van der Waals surface area contributed by atoms with E-state index in [1.54, 1.807) is 0 Å². The highest BCUT2D eigenvalue weighted by Gasteiger charge is 2.57. The van der Waals surface area contributed by atoms with E-state index in [-0.39, 0.29) is 6.42 Å². The van der Waals surface area contributed by atoms with E-state index in [2.05, 4.69) is 11.8 Å². The summed E-state index contributed by atoms with van der Waals surface area (Å²) in [7, 11) is 0. The van der Waals surface area contributed by atoms with Gasteiger partial charge in [-0.1, -0.05) is 0 Å². The summed E-state index contributed by atoms with van der Waals surface area (Å²) in [5.74, 6) is 2.62. The maximum atomic E-state index is 12.2. The molecular formula is C8H10F3NO2. The average molecular weight is 209 g/mol. The number of aliphatic carboxylic acids is 1. The molecule has 1 atom stereocenters. The van der Waals surface area contributed by atoms with Gasteiger partial charge in [0.1, 0.15) is 0 Å². The van der Waals surface area contributed by atoms with Crippen LogP contribution in [0.25, 0.3) is 0 Å². The van der Waals surface area contributed by atoms with E-state index in [4.69, 9.17) is 10.8 Å². The first-order chi connectivity index (χ1) is 6.25. The Kier molecular flexibility index (Phi) is 3.95. The summed E-state index contributed by atoms with van der Waals surface area (Å²) in [6, 6.07) is 0. The van der Waals surface area contributed by atoms with Gasteiger partial charge in [-0.2, -0.15) is 13.2 Å². The molecule has 14 heavy (non-hydrogen) atoms. The number of carboxylic acids is 1. The second-order valence-electron chi connectivity index (χ2n) is 2.70. The van der Waals surface area contributed by atoms with Crippen LogP contribution in [0, 0.1) is 11.8 Å². The van der Waals surface area contributed by atoms with E-state index < -0.39 is 24.1 Å². The number of hydrogen-bond donors (Lipinski definition) is 2. The molecule has 0 radical (unpaired) electrons. The van der Waals surface area contributed by atoms with Crippen molar-refractivity contribution in [3.8, 4) is 11.8 Å². The summed E-state index contributed by atoms with van der Waals surface area (Å²) in [6.07, 6.45) is -5.90. The van der Waals surface area contributed by atoms with Gasteiger partial charge in [0.2, 0.25) is 5.54 Å². The topological polar surface area (TPSA) is 63.3 Å². The van der Waals surface area contributed by atoms with Gasteiger partial charge >= 0.3 is 12.1 Å². The lowest BCUT2D eigenvalue weighted by Gasteiger charge is -2.26. The monoisotopic (exact) mass is 209 g/mol. The van der Waals surface area contributed by atoms with Crippen LogP contribution in [0.1, 0.15) is 19.8 Å². The molecule has 0 aliphatic heterocycles. The SMILES string of the molecule is CC#CCCC(N)(C(=O)O)C(F)(F)F. The van der Waals surface area contributed by atoms with Gasteiger partial charge < -0.3 is 10.8 Å². The van der Waals surface area contributed by atoms with Crippen molar-refractivity contribution in [1.29, 1.82) is 0 Å². The molecule has 0 bridgehead atoms. The van der Waals surface area contributed by atoms with E-state index in [0.29, 0.717) is 0 Å². The molecule has 0 saturated carbocycles. The molecule has 0 aliphatic rings. The van der Waals surface area contributed by atoms with E-state index in [9.17, 15) is 18.0 Å². The fraction of sp³-hybridized carbons (Fsp3) is 0.625. The molecule has 0 saturated heterocycles. The molecule has 0 heterocycles. The number of hydrogen-bond acceptors (Lipinski definition) is 2. The Bertz CT molecular complexity index is 277. The molecule has 3 nitrogen and oxygen atoms in total. The quantitative estimate of drug-likeness (QED) is 0.685. The van der Waals surface area contributed by atoms with Crippen molar-refractivity contribution in [1.82, 2.24) is 0 Å². The van der Waals surface area contributed by atoms with Crippen molar-refractivity contribution in [2.24, 2.45) is 5.73 Å². The minimum atomic E-state index is -4.96. The molecule has 0 aromatic heterocycles. The molecule has 6 heteroatoms. The van der Waals surface area contributed by atoms with Gasteiger partial charge in [0.25, 0.3) is 0 Å². The van der Waals surface area contributed by atoms with Crippen LogP contribution in [-0.4, -0.2) is 22.8 Å². The van der Waals surface area contributed by atoms with Crippen molar-refractivity contribution < 1.29 is 23.1 Å². The maximum Gasteiger partial charge on any atom is 0.417 e. The van der Waals surface area contributed by atoms with Gasteiger partial charge in [0.05, 0.1) is 0 Å². The number of nitrogens with two attached hydrogens (primary N) is 1. The Balaban J connectivity index is 4.72. The summed E-state index contributed by atoms with van der Waals surface area (Å²) in [5.41, 5.74) is 1.57. The number of carbonyl (C=O) groups is 1. The fourth-order valence-corrected chi connectivity index (χ4v) is 0.755. The molecule has 0 aliphatic carbocycles. The Morgan fingerprint density at radius 1 is 1.50 bits per heavy atom. The Hall–Kier alpha value is -1.22. The minimum Gasteiger partial charge on any atom is -0.480 e. The zero-order valence-corrected chi connectivity index (χ0v) is 7.48. The number of rotatable bonds is 3. The van der Waals surface area contributed by atoms with Crippen LogP contribution in [-0.2, 0) is 4.79 Å². The lowest BCUT2D eigenvalue weighted by molar-refractivity contribution is -0.203. The molecule has 1 unspecified atom stereocenters. The molecule has 0 amide bonds. The predicted molar refractivity (Wildman–Crippen MR) is 43.3 cm³/mol. The maximum absolute atomic E-state index is 12.2. The van der Waals surface area contributed by atoms with Crippen LogP contribution >= 0.6 is 0 Å². The van der Waals surface area contributed by atoms with Gasteiger partial charge in [-0.3, -0.25) is 0 Å². The highest BCUT2D eigenvalue weighted by atomic mass is 19.4. The molecule has 3 N–H and O–H groups in total. The van der Waals surface area contributed by atoms with Crippen LogP contribution in [0.3, 0.4) is 0 Å². The predicted octanol–water partition coefficient (Wildman–Crippen LogP) is 1.13. The summed E-state index contributed by atoms with van der Waals surface area (Å²) >= 11 is 0. The summed E-state index contributed by atoms with van der Waals surface area (Å²) in [4.78, 5) is 10.4. The van der Waals surface area contributed by atoms with Crippen molar-refractivity contribution in [3.05, 3.63) is 0 Å². The second kappa shape index (κ2) is 4.33. The van der Waals surface area contributed by atoms with Crippen LogP contribution < -0.4 is 5.73 Å². The van der Waals surface area contributed by atoms with Crippen LogP contribution in [0.4, 0.5) is 13.2 Å². The van der Waals surface area contributed by atoms with Crippen molar-refractivity contribution in [2.75, 3.05) is 0 Å². The van der Waals surface area contributed by atoms with Crippen LogP contribution in [0.5, 0.6) is 0 Å².